The van der Waals surface area contributed by atoms with Gasteiger partial charge in [0.2, 0.25) is 0 Å². The first-order valence-corrected chi connectivity index (χ1v) is 6.03. The first kappa shape index (κ1) is 13.0. The molecule has 1 rings (SSSR count). The predicted molar refractivity (Wildman–Crippen MR) is 64.3 cm³/mol. The van der Waals surface area contributed by atoms with Crippen molar-refractivity contribution in [1.29, 1.82) is 0 Å². The Morgan fingerprint density at radius 2 is 2.25 bits per heavy atom. The van der Waals surface area contributed by atoms with Crippen LogP contribution in [0.25, 0.3) is 0 Å². The van der Waals surface area contributed by atoms with Crippen molar-refractivity contribution in [3.05, 3.63) is 24.2 Å². The average Bonchev–Trinajstić information content (AvgIpc) is 2.79. The molecule has 16 heavy (non-hydrogen) atoms. The molecule has 90 valence electrons. The molecule has 0 fully saturated rings. The maximum atomic E-state index is 11.7. The fraction of sp³-hybridized carbons (Fsp3) is 0.615. The van der Waals surface area contributed by atoms with E-state index in [-0.39, 0.29) is 5.78 Å². The first-order chi connectivity index (χ1) is 7.77. The number of furan rings is 1. The summed E-state index contributed by atoms with van der Waals surface area (Å²) in [5, 5.41) is 0. The van der Waals surface area contributed by atoms with Gasteiger partial charge in [-0.2, -0.15) is 0 Å². The fourth-order valence-corrected chi connectivity index (χ4v) is 1.98. The molecule has 0 radical (unpaired) electrons. The van der Waals surface area contributed by atoms with Crippen molar-refractivity contribution in [2.45, 2.75) is 39.0 Å². The molecule has 0 aliphatic carbocycles. The third-order valence-corrected chi connectivity index (χ3v) is 2.89. The summed E-state index contributed by atoms with van der Waals surface area (Å²) in [5.74, 6) is 0.762. The summed E-state index contributed by atoms with van der Waals surface area (Å²) >= 11 is 0. The van der Waals surface area contributed by atoms with Crippen LogP contribution < -0.4 is 5.73 Å². The molecule has 0 bridgehead atoms. The highest BCUT2D eigenvalue weighted by Gasteiger charge is 2.12. The molecule has 0 aliphatic heterocycles. The molecule has 0 amide bonds. The van der Waals surface area contributed by atoms with Crippen LogP contribution in [0.2, 0.25) is 0 Å². The van der Waals surface area contributed by atoms with Crippen LogP contribution >= 0.6 is 0 Å². The molecule has 2 N–H and O–H groups in total. The molecular formula is C13H21NO2. The summed E-state index contributed by atoms with van der Waals surface area (Å²) in [6.45, 7) is 2.88. The van der Waals surface area contributed by atoms with Crippen LogP contribution in [0.15, 0.2) is 23.0 Å². The van der Waals surface area contributed by atoms with E-state index in [4.69, 9.17) is 10.2 Å². The van der Waals surface area contributed by atoms with Gasteiger partial charge in [0.1, 0.15) is 6.26 Å². The van der Waals surface area contributed by atoms with Gasteiger partial charge in [-0.3, -0.25) is 4.79 Å². The number of carbonyl (C=O) groups is 1. The minimum Gasteiger partial charge on any atom is -0.472 e. The van der Waals surface area contributed by atoms with Crippen LogP contribution in [0.3, 0.4) is 0 Å². The molecule has 1 heterocycles. The van der Waals surface area contributed by atoms with Crippen LogP contribution in [-0.4, -0.2) is 12.3 Å². The summed E-state index contributed by atoms with van der Waals surface area (Å²) in [5.41, 5.74) is 6.24. The summed E-state index contributed by atoms with van der Waals surface area (Å²) in [6.07, 6.45) is 7.93. The van der Waals surface area contributed by atoms with Crippen molar-refractivity contribution in [2.75, 3.05) is 6.54 Å². The Morgan fingerprint density at radius 1 is 1.44 bits per heavy atom. The molecule has 0 saturated carbocycles. The van der Waals surface area contributed by atoms with Gasteiger partial charge in [-0.05, 0) is 31.4 Å². The second-order valence-corrected chi connectivity index (χ2v) is 4.21. The largest absolute Gasteiger partial charge is 0.472 e. The minimum atomic E-state index is 0.173. The Balaban J connectivity index is 2.34. The monoisotopic (exact) mass is 223 g/mol. The highest BCUT2D eigenvalue weighted by molar-refractivity contribution is 5.95. The van der Waals surface area contributed by atoms with E-state index in [0.29, 0.717) is 24.4 Å². The molecule has 1 atom stereocenters. The topological polar surface area (TPSA) is 56.2 Å². The Hall–Kier alpha value is -1.09. The molecule has 1 aromatic rings. The van der Waals surface area contributed by atoms with Crippen LogP contribution in [0.5, 0.6) is 0 Å². The summed E-state index contributed by atoms with van der Waals surface area (Å²) in [4.78, 5) is 11.7. The lowest BCUT2D eigenvalue weighted by Crippen LogP contribution is -2.10. The fourth-order valence-electron chi connectivity index (χ4n) is 1.98. The number of hydrogen-bond acceptors (Lipinski definition) is 3. The Bertz CT molecular complexity index is 287. The summed E-state index contributed by atoms with van der Waals surface area (Å²) < 4.78 is 4.90. The number of ketones is 1. The van der Waals surface area contributed by atoms with Crippen molar-refractivity contribution in [3.63, 3.8) is 0 Å². The lowest BCUT2D eigenvalue weighted by molar-refractivity contribution is 0.0971. The standard InChI is InChI=1S/C13H21NO2/c1-2-3-11(6-8-14)4-5-13(15)12-7-9-16-10-12/h7,9-11H,2-6,8,14H2,1H3. The number of rotatable bonds is 8. The van der Waals surface area contributed by atoms with E-state index in [1.165, 1.54) is 12.5 Å². The van der Waals surface area contributed by atoms with Crippen LogP contribution in [0.1, 0.15) is 49.4 Å². The van der Waals surface area contributed by atoms with E-state index < -0.39 is 0 Å². The number of hydrogen-bond donors (Lipinski definition) is 1. The highest BCUT2D eigenvalue weighted by atomic mass is 16.3. The smallest absolute Gasteiger partial charge is 0.166 e. The zero-order valence-electron chi connectivity index (χ0n) is 9.95. The van der Waals surface area contributed by atoms with E-state index in [9.17, 15) is 4.79 Å². The molecular weight excluding hydrogens is 202 g/mol. The normalized spacial score (nSPS) is 12.6. The zero-order valence-corrected chi connectivity index (χ0v) is 9.95. The molecule has 1 unspecified atom stereocenters. The summed E-state index contributed by atoms with van der Waals surface area (Å²) in [7, 11) is 0. The van der Waals surface area contributed by atoms with Gasteiger partial charge in [-0.1, -0.05) is 19.8 Å². The van der Waals surface area contributed by atoms with Gasteiger partial charge < -0.3 is 10.2 Å². The van der Waals surface area contributed by atoms with Gasteiger partial charge in [0.05, 0.1) is 11.8 Å². The molecule has 3 heteroatoms. The highest BCUT2D eigenvalue weighted by Crippen LogP contribution is 2.18. The lowest BCUT2D eigenvalue weighted by Gasteiger charge is -2.13. The van der Waals surface area contributed by atoms with Crippen molar-refractivity contribution < 1.29 is 9.21 Å². The first-order valence-electron chi connectivity index (χ1n) is 6.03. The van der Waals surface area contributed by atoms with Crippen molar-refractivity contribution in [3.8, 4) is 0 Å². The predicted octanol–water partition coefficient (Wildman–Crippen LogP) is 3.01. The third kappa shape index (κ3) is 4.19. The lowest BCUT2D eigenvalue weighted by atomic mass is 9.93. The second kappa shape index (κ2) is 7.23. The Labute approximate surface area is 97.0 Å². The number of nitrogens with two attached hydrogens (primary N) is 1. The molecule has 0 spiro atoms. The maximum Gasteiger partial charge on any atom is 0.166 e. The summed E-state index contributed by atoms with van der Waals surface area (Å²) in [6, 6.07) is 1.72. The third-order valence-electron chi connectivity index (χ3n) is 2.89. The number of carbonyl (C=O) groups excluding carboxylic acids is 1. The van der Waals surface area contributed by atoms with Gasteiger partial charge in [0.25, 0.3) is 0 Å². The SMILES string of the molecule is CCCC(CCN)CCC(=O)c1ccoc1. The maximum absolute atomic E-state index is 11.7. The van der Waals surface area contributed by atoms with Crippen LogP contribution in [-0.2, 0) is 0 Å². The molecule has 0 saturated heterocycles. The van der Waals surface area contributed by atoms with E-state index in [2.05, 4.69) is 6.92 Å². The molecule has 1 aromatic heterocycles. The van der Waals surface area contributed by atoms with E-state index >= 15 is 0 Å². The van der Waals surface area contributed by atoms with Gasteiger partial charge in [-0.15, -0.1) is 0 Å². The van der Waals surface area contributed by atoms with E-state index in [1.807, 2.05) is 0 Å². The van der Waals surface area contributed by atoms with Gasteiger partial charge >= 0.3 is 0 Å². The zero-order chi connectivity index (χ0) is 11.8. The quantitative estimate of drug-likeness (QED) is 0.689. The molecule has 0 aliphatic rings. The minimum absolute atomic E-state index is 0.173. The average molecular weight is 223 g/mol. The van der Waals surface area contributed by atoms with E-state index in [1.54, 1.807) is 6.07 Å². The van der Waals surface area contributed by atoms with E-state index in [0.717, 1.165) is 25.7 Å². The molecule has 0 aromatic carbocycles. The van der Waals surface area contributed by atoms with Crippen molar-refractivity contribution in [2.24, 2.45) is 11.7 Å². The van der Waals surface area contributed by atoms with Gasteiger partial charge in [0, 0.05) is 6.42 Å². The second-order valence-electron chi connectivity index (χ2n) is 4.21. The Kier molecular flexibility index (Phi) is 5.86. The van der Waals surface area contributed by atoms with Crippen molar-refractivity contribution in [1.82, 2.24) is 0 Å². The Morgan fingerprint density at radius 3 is 2.81 bits per heavy atom. The van der Waals surface area contributed by atoms with Crippen molar-refractivity contribution >= 4 is 5.78 Å². The molecule has 3 nitrogen and oxygen atoms in total. The van der Waals surface area contributed by atoms with Gasteiger partial charge in [0.15, 0.2) is 5.78 Å². The number of Topliss-reactive ketones (excluding diaryl/α,β-unsaturated/α-hetero) is 1. The van der Waals surface area contributed by atoms with Crippen LogP contribution in [0.4, 0.5) is 0 Å². The van der Waals surface area contributed by atoms with Gasteiger partial charge in [-0.25, -0.2) is 0 Å². The van der Waals surface area contributed by atoms with Crippen LogP contribution in [0, 0.1) is 5.92 Å².